The van der Waals surface area contributed by atoms with E-state index in [0.717, 1.165) is 4.47 Å². The van der Waals surface area contributed by atoms with Crippen molar-refractivity contribution in [1.82, 2.24) is 19.4 Å². The summed E-state index contributed by atoms with van der Waals surface area (Å²) in [6, 6.07) is 1.72. The third-order valence-corrected chi connectivity index (χ3v) is 2.93. The number of nitrogens with zero attached hydrogens (tertiary/aromatic N) is 3. The van der Waals surface area contributed by atoms with Crippen LogP contribution in [0, 0.1) is 0 Å². The van der Waals surface area contributed by atoms with E-state index in [1.807, 2.05) is 0 Å². The van der Waals surface area contributed by atoms with E-state index in [-0.39, 0.29) is 11.1 Å². The van der Waals surface area contributed by atoms with E-state index in [9.17, 15) is 4.79 Å². The minimum absolute atomic E-state index is 0.277. The third kappa shape index (κ3) is 1.27. The lowest BCUT2D eigenvalue weighted by Crippen LogP contribution is -2.06. The maximum Gasteiger partial charge on any atom is 0.278 e. The van der Waals surface area contributed by atoms with E-state index in [4.69, 9.17) is 11.6 Å². The maximum absolute atomic E-state index is 11.5. The number of hydrogen-bond acceptors (Lipinski definition) is 3. The summed E-state index contributed by atoms with van der Waals surface area (Å²) >= 11 is 9.36. The highest BCUT2D eigenvalue weighted by molar-refractivity contribution is 9.10. The predicted molar refractivity (Wildman–Crippen MR) is 63.8 cm³/mol. The Hall–Kier alpha value is -1.40. The van der Waals surface area contributed by atoms with Gasteiger partial charge in [-0.2, -0.15) is 0 Å². The Balaban J connectivity index is 2.66. The van der Waals surface area contributed by atoms with Crippen molar-refractivity contribution < 1.29 is 0 Å². The highest BCUT2D eigenvalue weighted by Crippen LogP contribution is 2.23. The fourth-order valence-electron chi connectivity index (χ4n) is 1.56. The molecule has 16 heavy (non-hydrogen) atoms. The normalized spacial score (nSPS) is 11.4. The summed E-state index contributed by atoms with van der Waals surface area (Å²) in [7, 11) is 0. The van der Waals surface area contributed by atoms with Crippen LogP contribution in [-0.2, 0) is 0 Å². The van der Waals surface area contributed by atoms with Gasteiger partial charge < -0.3 is 4.98 Å². The molecule has 0 aromatic carbocycles. The molecule has 1 N–H and O–H groups in total. The number of hydrogen-bond donors (Lipinski definition) is 1. The van der Waals surface area contributed by atoms with Crippen LogP contribution in [0.1, 0.15) is 0 Å². The second kappa shape index (κ2) is 3.29. The van der Waals surface area contributed by atoms with Crippen molar-refractivity contribution in [3.05, 3.63) is 38.4 Å². The first-order chi connectivity index (χ1) is 7.66. The van der Waals surface area contributed by atoms with Crippen LogP contribution in [0.25, 0.3) is 16.8 Å². The molecule has 0 atom stereocenters. The number of pyridine rings is 1. The summed E-state index contributed by atoms with van der Waals surface area (Å²) in [6.07, 6.45) is 3.11. The third-order valence-electron chi connectivity index (χ3n) is 2.21. The number of halogens is 2. The van der Waals surface area contributed by atoms with Crippen LogP contribution in [0.4, 0.5) is 0 Å². The Kier molecular flexibility index (Phi) is 2.02. The molecule has 3 aromatic rings. The van der Waals surface area contributed by atoms with Gasteiger partial charge in [-0.15, -0.1) is 0 Å². The molecule has 0 aliphatic rings. The number of nitrogens with one attached hydrogen (secondary N) is 1. The summed E-state index contributed by atoms with van der Waals surface area (Å²) in [6.45, 7) is 0. The highest BCUT2D eigenvalue weighted by atomic mass is 79.9. The molecule has 3 rings (SSSR count). The second-order valence-corrected chi connectivity index (χ2v) is 4.54. The van der Waals surface area contributed by atoms with Crippen LogP contribution >= 0.6 is 27.5 Å². The second-order valence-electron chi connectivity index (χ2n) is 3.22. The average Bonchev–Trinajstić information content (AvgIpc) is 2.59. The Morgan fingerprint density at radius 2 is 2.25 bits per heavy atom. The molecular formula is C9H4BrClN4O. The maximum atomic E-state index is 11.5. The van der Waals surface area contributed by atoms with Crippen LogP contribution in [0.15, 0.2) is 27.9 Å². The first-order valence-corrected chi connectivity index (χ1v) is 5.54. The first-order valence-electron chi connectivity index (χ1n) is 4.37. The van der Waals surface area contributed by atoms with Gasteiger partial charge >= 0.3 is 0 Å². The van der Waals surface area contributed by atoms with Crippen molar-refractivity contribution in [1.29, 1.82) is 0 Å². The van der Waals surface area contributed by atoms with Gasteiger partial charge in [-0.25, -0.2) is 9.97 Å². The van der Waals surface area contributed by atoms with E-state index < -0.39 is 0 Å². The Morgan fingerprint density at radius 1 is 1.44 bits per heavy atom. The summed E-state index contributed by atoms with van der Waals surface area (Å²) in [5, 5.41) is 0.465. The summed E-state index contributed by atoms with van der Waals surface area (Å²) in [4.78, 5) is 22.2. The SMILES string of the molecule is O=c1[nH]cnc2c1nc1c(Cl)cc(Br)cn12. The molecule has 3 heterocycles. The topological polar surface area (TPSA) is 63.0 Å². The molecule has 0 amide bonds. The largest absolute Gasteiger partial charge is 0.311 e. The number of rotatable bonds is 0. The molecule has 0 unspecified atom stereocenters. The van der Waals surface area contributed by atoms with Crippen molar-refractivity contribution in [2.75, 3.05) is 0 Å². The number of aromatic amines is 1. The molecule has 0 fully saturated rings. The molecule has 0 radical (unpaired) electrons. The van der Waals surface area contributed by atoms with Crippen LogP contribution in [0.2, 0.25) is 5.02 Å². The molecule has 5 nitrogen and oxygen atoms in total. The smallest absolute Gasteiger partial charge is 0.278 e. The Bertz CT molecular complexity index is 763. The average molecular weight is 300 g/mol. The van der Waals surface area contributed by atoms with Crippen LogP contribution < -0.4 is 5.56 Å². The molecule has 0 aliphatic carbocycles. The van der Waals surface area contributed by atoms with Crippen molar-refractivity contribution in [3.8, 4) is 0 Å². The lowest BCUT2D eigenvalue weighted by Gasteiger charge is -1.97. The van der Waals surface area contributed by atoms with E-state index in [0.29, 0.717) is 16.3 Å². The zero-order valence-corrected chi connectivity index (χ0v) is 10.1. The van der Waals surface area contributed by atoms with E-state index in [2.05, 4.69) is 30.9 Å². The van der Waals surface area contributed by atoms with Crippen molar-refractivity contribution in [2.24, 2.45) is 0 Å². The molecule has 0 saturated carbocycles. The number of fused-ring (bicyclic) bond motifs is 3. The van der Waals surface area contributed by atoms with Gasteiger partial charge in [0.1, 0.15) is 0 Å². The summed E-state index contributed by atoms with van der Waals surface area (Å²) in [5.41, 5.74) is 1.01. The monoisotopic (exact) mass is 298 g/mol. The van der Waals surface area contributed by atoms with Gasteiger partial charge in [0.25, 0.3) is 5.56 Å². The molecular weight excluding hydrogens is 295 g/mol. The minimum atomic E-state index is -0.277. The van der Waals surface area contributed by atoms with Crippen LogP contribution in [-0.4, -0.2) is 19.4 Å². The molecule has 0 bridgehead atoms. The van der Waals surface area contributed by atoms with E-state index >= 15 is 0 Å². The minimum Gasteiger partial charge on any atom is -0.311 e. The zero-order chi connectivity index (χ0) is 11.3. The number of aromatic nitrogens is 4. The van der Waals surface area contributed by atoms with Crippen molar-refractivity contribution in [2.45, 2.75) is 0 Å². The van der Waals surface area contributed by atoms with Crippen molar-refractivity contribution in [3.63, 3.8) is 0 Å². The summed E-state index contributed by atoms with van der Waals surface area (Å²) < 4.78 is 2.48. The van der Waals surface area contributed by atoms with Gasteiger partial charge in [-0.05, 0) is 22.0 Å². The van der Waals surface area contributed by atoms with E-state index in [1.54, 1.807) is 16.7 Å². The molecule has 80 valence electrons. The zero-order valence-electron chi connectivity index (χ0n) is 7.74. The van der Waals surface area contributed by atoms with E-state index in [1.165, 1.54) is 6.33 Å². The predicted octanol–water partition coefficient (Wildman–Crippen LogP) is 1.99. The molecule has 0 saturated heterocycles. The van der Waals surface area contributed by atoms with Crippen molar-refractivity contribution >= 4 is 44.3 Å². The van der Waals surface area contributed by atoms with Gasteiger partial charge in [0.15, 0.2) is 16.8 Å². The standard InChI is InChI=1S/C9H4BrClN4O/c10-4-1-5(11)7-14-6-8(15(7)2-4)12-3-13-9(6)16/h1-3H,(H,12,13,16). The van der Waals surface area contributed by atoms with Gasteiger partial charge in [-0.3, -0.25) is 9.20 Å². The van der Waals surface area contributed by atoms with Gasteiger partial charge in [0, 0.05) is 10.7 Å². The van der Waals surface area contributed by atoms with Crippen LogP contribution in [0.5, 0.6) is 0 Å². The Morgan fingerprint density at radius 3 is 3.06 bits per heavy atom. The van der Waals surface area contributed by atoms with Crippen LogP contribution in [0.3, 0.4) is 0 Å². The first kappa shape index (κ1) is 9.80. The Labute approximate surface area is 102 Å². The van der Waals surface area contributed by atoms with Gasteiger partial charge in [0.05, 0.1) is 11.3 Å². The quantitative estimate of drug-likeness (QED) is 0.690. The highest BCUT2D eigenvalue weighted by Gasteiger charge is 2.11. The number of H-pyrrole nitrogens is 1. The molecule has 0 spiro atoms. The lowest BCUT2D eigenvalue weighted by atomic mass is 10.5. The van der Waals surface area contributed by atoms with Gasteiger partial charge in [0.2, 0.25) is 0 Å². The molecule has 0 aliphatic heterocycles. The molecule has 7 heteroatoms. The fourth-order valence-corrected chi connectivity index (χ4v) is 2.37. The lowest BCUT2D eigenvalue weighted by molar-refractivity contribution is 1.12. The fraction of sp³-hybridized carbons (Fsp3) is 0. The summed E-state index contributed by atoms with van der Waals surface area (Å²) in [5.74, 6) is 0. The number of imidazole rings is 1. The van der Waals surface area contributed by atoms with Gasteiger partial charge in [-0.1, -0.05) is 11.6 Å². The molecule has 3 aromatic heterocycles.